The van der Waals surface area contributed by atoms with Crippen molar-refractivity contribution in [3.63, 3.8) is 0 Å². The van der Waals surface area contributed by atoms with Crippen molar-refractivity contribution < 1.29 is 24.5 Å². The average molecular weight is 386 g/mol. The number of phenols is 2. The maximum absolute atomic E-state index is 11.7. The SMILES string of the molecule is CCOc1cc(C=NNC(=O)N/N=C/c2ccc(O)c(OCC)c2)ccc1O. The molecule has 0 atom stereocenters. The van der Waals surface area contributed by atoms with Gasteiger partial charge in [0.05, 0.1) is 25.6 Å². The van der Waals surface area contributed by atoms with E-state index in [2.05, 4.69) is 21.1 Å². The summed E-state index contributed by atoms with van der Waals surface area (Å²) in [4.78, 5) is 11.7. The summed E-state index contributed by atoms with van der Waals surface area (Å²) >= 11 is 0. The smallest absolute Gasteiger partial charge is 0.355 e. The van der Waals surface area contributed by atoms with Gasteiger partial charge in [-0.2, -0.15) is 10.2 Å². The maximum Gasteiger partial charge on any atom is 0.355 e. The van der Waals surface area contributed by atoms with Crippen LogP contribution in [-0.4, -0.2) is 41.9 Å². The Balaban J connectivity index is 1.87. The molecule has 2 aromatic carbocycles. The van der Waals surface area contributed by atoms with Gasteiger partial charge in [-0.1, -0.05) is 0 Å². The largest absolute Gasteiger partial charge is 0.504 e. The fraction of sp³-hybridized carbons (Fsp3) is 0.211. The quantitative estimate of drug-likeness (QED) is 0.410. The summed E-state index contributed by atoms with van der Waals surface area (Å²) < 4.78 is 10.6. The lowest BCUT2D eigenvalue weighted by Crippen LogP contribution is -2.28. The zero-order chi connectivity index (χ0) is 20.4. The number of nitrogens with zero attached hydrogens (tertiary/aromatic N) is 2. The Labute approximate surface area is 162 Å². The molecule has 0 saturated carbocycles. The van der Waals surface area contributed by atoms with Crippen molar-refractivity contribution in [3.05, 3.63) is 47.5 Å². The molecule has 0 heterocycles. The molecule has 0 spiro atoms. The third kappa shape index (κ3) is 6.20. The van der Waals surface area contributed by atoms with Crippen molar-refractivity contribution in [2.45, 2.75) is 13.8 Å². The Morgan fingerprint density at radius 2 is 1.32 bits per heavy atom. The molecule has 28 heavy (non-hydrogen) atoms. The second kappa shape index (κ2) is 10.4. The Morgan fingerprint density at radius 1 is 0.893 bits per heavy atom. The van der Waals surface area contributed by atoms with Gasteiger partial charge in [-0.05, 0) is 61.4 Å². The van der Waals surface area contributed by atoms with Crippen molar-refractivity contribution in [2.75, 3.05) is 13.2 Å². The number of ether oxygens (including phenoxy) is 2. The number of carbonyl (C=O) groups excluding carboxylic acids is 1. The predicted octanol–water partition coefficient (Wildman–Crippen LogP) is 2.56. The average Bonchev–Trinajstić information content (AvgIpc) is 2.67. The van der Waals surface area contributed by atoms with Crippen molar-refractivity contribution in [1.29, 1.82) is 0 Å². The Morgan fingerprint density at radius 3 is 1.71 bits per heavy atom. The second-order valence-corrected chi connectivity index (χ2v) is 5.39. The van der Waals surface area contributed by atoms with E-state index in [0.717, 1.165) is 0 Å². The third-order valence-electron chi connectivity index (χ3n) is 3.33. The number of hydrogen-bond donors (Lipinski definition) is 4. The molecule has 0 radical (unpaired) electrons. The molecule has 9 nitrogen and oxygen atoms in total. The van der Waals surface area contributed by atoms with E-state index in [1.807, 2.05) is 13.8 Å². The Bertz CT molecular complexity index is 798. The number of hydrogen-bond acceptors (Lipinski definition) is 7. The van der Waals surface area contributed by atoms with Gasteiger partial charge in [-0.25, -0.2) is 15.6 Å². The number of urea groups is 1. The molecule has 9 heteroatoms. The number of nitrogens with one attached hydrogen (secondary N) is 2. The van der Waals surface area contributed by atoms with Gasteiger partial charge in [-0.15, -0.1) is 0 Å². The molecule has 0 bridgehead atoms. The van der Waals surface area contributed by atoms with Crippen LogP contribution in [0, 0.1) is 0 Å². The molecule has 148 valence electrons. The van der Waals surface area contributed by atoms with Crippen LogP contribution < -0.4 is 20.3 Å². The van der Waals surface area contributed by atoms with Crippen molar-refractivity contribution >= 4 is 18.5 Å². The van der Waals surface area contributed by atoms with Gasteiger partial charge in [-0.3, -0.25) is 0 Å². The first-order chi connectivity index (χ1) is 13.5. The van der Waals surface area contributed by atoms with Crippen LogP contribution in [-0.2, 0) is 0 Å². The molecule has 2 rings (SSSR count). The molecule has 4 N–H and O–H groups in total. The van der Waals surface area contributed by atoms with Crippen LogP contribution >= 0.6 is 0 Å². The highest BCUT2D eigenvalue weighted by molar-refractivity contribution is 5.84. The van der Waals surface area contributed by atoms with E-state index in [9.17, 15) is 15.0 Å². The summed E-state index contributed by atoms with van der Waals surface area (Å²) in [6.45, 7) is 4.45. The number of benzene rings is 2. The minimum atomic E-state index is -0.639. The van der Waals surface area contributed by atoms with E-state index in [4.69, 9.17) is 9.47 Å². The second-order valence-electron chi connectivity index (χ2n) is 5.39. The fourth-order valence-electron chi connectivity index (χ4n) is 2.12. The van der Waals surface area contributed by atoms with E-state index >= 15 is 0 Å². The number of rotatable bonds is 8. The molecular weight excluding hydrogens is 364 g/mol. The summed E-state index contributed by atoms with van der Waals surface area (Å²) in [5, 5.41) is 26.9. The molecule has 0 aromatic heterocycles. The maximum atomic E-state index is 11.7. The summed E-state index contributed by atoms with van der Waals surface area (Å²) in [7, 11) is 0. The first-order valence-electron chi connectivity index (χ1n) is 8.57. The van der Waals surface area contributed by atoms with Gasteiger partial charge in [0.1, 0.15) is 0 Å². The molecule has 0 aliphatic heterocycles. The van der Waals surface area contributed by atoms with Crippen LogP contribution in [0.4, 0.5) is 4.79 Å². The molecule has 0 saturated heterocycles. The van der Waals surface area contributed by atoms with Crippen LogP contribution in [0.5, 0.6) is 23.0 Å². The third-order valence-corrected chi connectivity index (χ3v) is 3.33. The first-order valence-corrected chi connectivity index (χ1v) is 8.57. The summed E-state index contributed by atoms with van der Waals surface area (Å²) in [6.07, 6.45) is 2.80. The Kier molecular flexibility index (Phi) is 7.64. The number of aromatic hydroxyl groups is 2. The predicted molar refractivity (Wildman–Crippen MR) is 105 cm³/mol. The number of amides is 2. The molecule has 0 aliphatic carbocycles. The Hall–Kier alpha value is -3.75. The van der Waals surface area contributed by atoms with Crippen LogP contribution in [0.1, 0.15) is 25.0 Å². The number of carbonyl (C=O) groups is 1. The zero-order valence-electron chi connectivity index (χ0n) is 15.5. The minimum absolute atomic E-state index is 0.0285. The fourth-order valence-corrected chi connectivity index (χ4v) is 2.12. The molecule has 0 aliphatic rings. The minimum Gasteiger partial charge on any atom is -0.504 e. The highest BCUT2D eigenvalue weighted by atomic mass is 16.5. The number of hydrazone groups is 2. The summed E-state index contributed by atoms with van der Waals surface area (Å²) in [5.74, 6) is 0.725. The molecule has 2 amide bonds. The lowest BCUT2D eigenvalue weighted by molar-refractivity contribution is 0.242. The van der Waals surface area contributed by atoms with E-state index in [1.165, 1.54) is 24.6 Å². The van der Waals surface area contributed by atoms with Gasteiger partial charge in [0, 0.05) is 0 Å². The van der Waals surface area contributed by atoms with Gasteiger partial charge in [0.2, 0.25) is 0 Å². The van der Waals surface area contributed by atoms with E-state index in [1.54, 1.807) is 24.3 Å². The van der Waals surface area contributed by atoms with Crippen LogP contribution in [0.2, 0.25) is 0 Å². The summed E-state index contributed by atoms with van der Waals surface area (Å²) in [6, 6.07) is 8.76. The van der Waals surface area contributed by atoms with Gasteiger partial charge >= 0.3 is 6.03 Å². The van der Waals surface area contributed by atoms with Gasteiger partial charge in [0.25, 0.3) is 0 Å². The molecule has 2 aromatic rings. The highest BCUT2D eigenvalue weighted by Crippen LogP contribution is 2.26. The van der Waals surface area contributed by atoms with E-state index in [-0.39, 0.29) is 11.5 Å². The lowest BCUT2D eigenvalue weighted by atomic mass is 10.2. The molecule has 0 fully saturated rings. The lowest BCUT2D eigenvalue weighted by Gasteiger charge is -2.06. The van der Waals surface area contributed by atoms with Crippen molar-refractivity contribution in [3.8, 4) is 23.0 Å². The van der Waals surface area contributed by atoms with Crippen LogP contribution in [0.15, 0.2) is 46.6 Å². The normalized spacial score (nSPS) is 10.9. The zero-order valence-corrected chi connectivity index (χ0v) is 15.5. The topological polar surface area (TPSA) is 125 Å². The summed E-state index contributed by atoms with van der Waals surface area (Å²) in [5.41, 5.74) is 5.80. The first kappa shape index (κ1) is 20.6. The van der Waals surface area contributed by atoms with Crippen LogP contribution in [0.3, 0.4) is 0 Å². The van der Waals surface area contributed by atoms with Gasteiger partial charge < -0.3 is 19.7 Å². The standard InChI is InChI=1S/C19H22N4O5/c1-3-27-17-9-13(5-7-15(17)24)11-20-22-19(26)23-21-12-14-6-8-16(25)18(10-14)28-4-2/h5-12,24-25H,3-4H2,1-2H3,(H2,22,23,26)/b20-11+,21-12?. The van der Waals surface area contributed by atoms with E-state index in [0.29, 0.717) is 35.8 Å². The monoisotopic (exact) mass is 386 g/mol. The van der Waals surface area contributed by atoms with Crippen molar-refractivity contribution in [2.24, 2.45) is 10.2 Å². The molecular formula is C19H22N4O5. The van der Waals surface area contributed by atoms with Gasteiger partial charge in [0.15, 0.2) is 23.0 Å². The number of phenolic OH excluding ortho intramolecular Hbond substituents is 2. The van der Waals surface area contributed by atoms with E-state index < -0.39 is 6.03 Å². The molecule has 0 unspecified atom stereocenters. The van der Waals surface area contributed by atoms with Crippen molar-refractivity contribution in [1.82, 2.24) is 10.9 Å². The highest BCUT2D eigenvalue weighted by Gasteiger charge is 2.03. The van der Waals surface area contributed by atoms with Crippen LogP contribution in [0.25, 0.3) is 0 Å².